The van der Waals surface area contributed by atoms with Crippen molar-refractivity contribution in [1.29, 1.82) is 5.26 Å². The molecule has 0 spiro atoms. The summed E-state index contributed by atoms with van der Waals surface area (Å²) in [5.41, 5.74) is 1.61. The van der Waals surface area contributed by atoms with Gasteiger partial charge in [0.25, 0.3) is 5.91 Å². The summed E-state index contributed by atoms with van der Waals surface area (Å²) in [6, 6.07) is 14.4. The molecule has 2 N–H and O–H groups in total. The Balaban J connectivity index is 2.00. The highest BCUT2D eigenvalue weighted by Crippen LogP contribution is 2.14. The molecule has 8 heteroatoms. The predicted molar refractivity (Wildman–Crippen MR) is 111 cm³/mol. The number of carbonyl (C=O) groups is 3. The highest BCUT2D eigenvalue weighted by Gasteiger charge is 2.11. The van der Waals surface area contributed by atoms with Crippen LogP contribution >= 0.6 is 0 Å². The summed E-state index contributed by atoms with van der Waals surface area (Å²) in [5, 5.41) is 14.7. The van der Waals surface area contributed by atoms with Crippen LogP contribution in [-0.2, 0) is 14.3 Å². The van der Waals surface area contributed by atoms with E-state index in [-0.39, 0.29) is 18.8 Å². The van der Waals surface area contributed by atoms with Gasteiger partial charge in [0.05, 0.1) is 24.3 Å². The minimum atomic E-state index is -0.614. The molecule has 0 unspecified atom stereocenters. The van der Waals surface area contributed by atoms with Crippen LogP contribution in [0.5, 0.6) is 0 Å². The summed E-state index contributed by atoms with van der Waals surface area (Å²) >= 11 is 0. The first-order valence-electron chi connectivity index (χ1n) is 9.21. The van der Waals surface area contributed by atoms with Gasteiger partial charge in [-0.1, -0.05) is 0 Å². The van der Waals surface area contributed by atoms with Crippen LogP contribution in [0.3, 0.4) is 0 Å². The van der Waals surface area contributed by atoms with Crippen molar-refractivity contribution in [3.8, 4) is 6.07 Å². The molecule has 154 valence electrons. The van der Waals surface area contributed by atoms with Gasteiger partial charge >= 0.3 is 11.9 Å². The van der Waals surface area contributed by atoms with E-state index in [0.717, 1.165) is 0 Å². The van der Waals surface area contributed by atoms with Gasteiger partial charge in [0.2, 0.25) is 0 Å². The zero-order valence-electron chi connectivity index (χ0n) is 16.6. The standard InChI is InChI=1S/C22H21N3O5/c1-3-29-21(27)15-5-9-18(10-6-15)24-14-17(13-23)20(26)25-19-11-7-16(8-12-19)22(28)30-4-2/h5-12,14,24H,3-4H2,1-2H3,(H,25,26)/b17-14-. The van der Waals surface area contributed by atoms with Crippen LogP contribution in [0.15, 0.2) is 60.3 Å². The molecule has 0 aliphatic heterocycles. The minimum absolute atomic E-state index is 0.154. The van der Waals surface area contributed by atoms with Crippen molar-refractivity contribution in [1.82, 2.24) is 0 Å². The second-order valence-electron chi connectivity index (χ2n) is 5.86. The molecular formula is C22H21N3O5. The average molecular weight is 407 g/mol. The van der Waals surface area contributed by atoms with Gasteiger partial charge < -0.3 is 20.1 Å². The second kappa shape index (κ2) is 11.0. The molecule has 0 saturated heterocycles. The summed E-state index contributed by atoms with van der Waals surface area (Å²) in [6.45, 7) is 3.99. The molecule has 0 bridgehead atoms. The Labute approximate surface area is 174 Å². The first-order valence-corrected chi connectivity index (χ1v) is 9.21. The Hall–Kier alpha value is -4.12. The smallest absolute Gasteiger partial charge is 0.338 e. The first-order chi connectivity index (χ1) is 14.5. The van der Waals surface area contributed by atoms with Crippen LogP contribution in [0.2, 0.25) is 0 Å². The Morgan fingerprint density at radius 1 is 0.867 bits per heavy atom. The highest BCUT2D eigenvalue weighted by atomic mass is 16.5. The van der Waals surface area contributed by atoms with Crippen LogP contribution in [0.4, 0.5) is 11.4 Å². The molecule has 0 saturated carbocycles. The van der Waals surface area contributed by atoms with Gasteiger partial charge in [-0.2, -0.15) is 5.26 Å². The summed E-state index contributed by atoms with van der Waals surface area (Å²) in [5.74, 6) is -1.49. The van der Waals surface area contributed by atoms with Crippen molar-refractivity contribution < 1.29 is 23.9 Å². The molecule has 0 aliphatic rings. The van der Waals surface area contributed by atoms with Crippen LogP contribution in [-0.4, -0.2) is 31.1 Å². The lowest BCUT2D eigenvalue weighted by molar-refractivity contribution is -0.112. The first kappa shape index (κ1) is 22.2. The van der Waals surface area contributed by atoms with Crippen LogP contribution in [0.1, 0.15) is 34.6 Å². The normalized spacial score (nSPS) is 10.5. The van der Waals surface area contributed by atoms with Crippen molar-refractivity contribution >= 4 is 29.2 Å². The van der Waals surface area contributed by atoms with Crippen molar-refractivity contribution in [3.63, 3.8) is 0 Å². The Kier molecular flexibility index (Phi) is 8.15. The molecule has 0 atom stereocenters. The van der Waals surface area contributed by atoms with Gasteiger partial charge in [0, 0.05) is 17.6 Å². The SMILES string of the molecule is CCOC(=O)c1ccc(N/C=C(/C#N)C(=O)Nc2ccc(C(=O)OCC)cc2)cc1. The molecule has 0 aliphatic carbocycles. The quantitative estimate of drug-likeness (QED) is 0.391. The number of nitrogens with zero attached hydrogens (tertiary/aromatic N) is 1. The Morgan fingerprint density at radius 3 is 1.77 bits per heavy atom. The van der Waals surface area contributed by atoms with Gasteiger partial charge in [0.15, 0.2) is 0 Å². The number of rotatable bonds is 8. The third-order valence-electron chi connectivity index (χ3n) is 3.80. The lowest BCUT2D eigenvalue weighted by Crippen LogP contribution is -2.14. The van der Waals surface area contributed by atoms with Crippen LogP contribution < -0.4 is 10.6 Å². The molecule has 2 aromatic carbocycles. The van der Waals surface area contributed by atoms with E-state index in [1.807, 2.05) is 6.07 Å². The van der Waals surface area contributed by atoms with E-state index in [4.69, 9.17) is 9.47 Å². The lowest BCUT2D eigenvalue weighted by atomic mass is 10.2. The second-order valence-corrected chi connectivity index (χ2v) is 5.86. The number of benzene rings is 2. The number of nitriles is 1. The number of anilines is 2. The fraction of sp³-hybridized carbons (Fsp3) is 0.182. The van der Waals surface area contributed by atoms with E-state index in [2.05, 4.69) is 10.6 Å². The lowest BCUT2D eigenvalue weighted by Gasteiger charge is -2.07. The molecule has 2 rings (SSSR count). The predicted octanol–water partition coefficient (Wildman–Crippen LogP) is 3.50. The Bertz CT molecular complexity index is 973. The number of ether oxygens (including phenoxy) is 2. The van der Waals surface area contributed by atoms with Crippen molar-refractivity contribution in [2.75, 3.05) is 23.8 Å². The number of hydrogen-bond acceptors (Lipinski definition) is 7. The van der Waals surface area contributed by atoms with E-state index in [1.165, 1.54) is 18.3 Å². The number of amides is 1. The van der Waals surface area contributed by atoms with Gasteiger partial charge in [-0.15, -0.1) is 0 Å². The molecule has 0 heterocycles. The Morgan fingerprint density at radius 2 is 1.33 bits per heavy atom. The molecule has 8 nitrogen and oxygen atoms in total. The van der Waals surface area contributed by atoms with Gasteiger partial charge in [0.1, 0.15) is 11.6 Å². The maximum absolute atomic E-state index is 12.3. The van der Waals surface area contributed by atoms with Gasteiger partial charge in [-0.3, -0.25) is 4.79 Å². The zero-order chi connectivity index (χ0) is 21.9. The zero-order valence-corrected chi connectivity index (χ0v) is 16.6. The van der Waals surface area contributed by atoms with Crippen molar-refractivity contribution in [3.05, 3.63) is 71.4 Å². The third-order valence-corrected chi connectivity index (χ3v) is 3.80. The monoisotopic (exact) mass is 407 g/mol. The van der Waals surface area contributed by atoms with E-state index in [1.54, 1.807) is 50.2 Å². The summed E-state index contributed by atoms with van der Waals surface area (Å²) < 4.78 is 9.81. The van der Waals surface area contributed by atoms with E-state index in [9.17, 15) is 19.6 Å². The maximum atomic E-state index is 12.3. The van der Waals surface area contributed by atoms with E-state index in [0.29, 0.717) is 22.5 Å². The molecule has 2 aromatic rings. The summed E-state index contributed by atoms with van der Waals surface area (Å²) in [4.78, 5) is 35.6. The van der Waals surface area contributed by atoms with E-state index >= 15 is 0 Å². The van der Waals surface area contributed by atoms with Crippen LogP contribution in [0.25, 0.3) is 0 Å². The fourth-order valence-corrected chi connectivity index (χ4v) is 2.32. The summed E-state index contributed by atoms with van der Waals surface area (Å²) in [6.07, 6.45) is 1.27. The van der Waals surface area contributed by atoms with Crippen molar-refractivity contribution in [2.24, 2.45) is 0 Å². The molecular weight excluding hydrogens is 386 g/mol. The van der Waals surface area contributed by atoms with Crippen LogP contribution in [0, 0.1) is 11.3 Å². The average Bonchev–Trinajstić information content (AvgIpc) is 2.75. The highest BCUT2D eigenvalue weighted by molar-refractivity contribution is 6.07. The van der Waals surface area contributed by atoms with E-state index < -0.39 is 17.8 Å². The summed E-state index contributed by atoms with van der Waals surface area (Å²) in [7, 11) is 0. The van der Waals surface area contributed by atoms with Crippen molar-refractivity contribution in [2.45, 2.75) is 13.8 Å². The molecule has 0 radical (unpaired) electrons. The fourth-order valence-electron chi connectivity index (χ4n) is 2.32. The third kappa shape index (κ3) is 6.21. The van der Waals surface area contributed by atoms with Gasteiger partial charge in [-0.25, -0.2) is 9.59 Å². The minimum Gasteiger partial charge on any atom is -0.462 e. The number of hydrogen-bond donors (Lipinski definition) is 2. The number of nitrogens with one attached hydrogen (secondary N) is 2. The number of esters is 2. The molecule has 0 fully saturated rings. The molecule has 0 aromatic heterocycles. The number of carbonyl (C=O) groups excluding carboxylic acids is 3. The largest absolute Gasteiger partial charge is 0.462 e. The van der Waals surface area contributed by atoms with Gasteiger partial charge in [-0.05, 0) is 62.4 Å². The maximum Gasteiger partial charge on any atom is 0.338 e. The topological polar surface area (TPSA) is 118 Å². The molecule has 30 heavy (non-hydrogen) atoms. The molecule has 1 amide bonds.